The maximum atomic E-state index is 13.9. The third kappa shape index (κ3) is 5.06. The molecule has 2 N–H and O–H groups in total. The molecular weight excluding hydrogens is 435 g/mol. The summed E-state index contributed by atoms with van der Waals surface area (Å²) in [6.07, 6.45) is 2.03. The molecular formula is C24H30Cl2N2O3. The molecule has 3 rings (SSSR count). The molecule has 1 aromatic heterocycles. The molecule has 0 saturated carbocycles. The van der Waals surface area contributed by atoms with Crippen LogP contribution in [0.4, 0.5) is 0 Å². The highest BCUT2D eigenvalue weighted by molar-refractivity contribution is 6.30. The number of likely N-dealkylation sites (tertiary alicyclic amines) is 1. The molecule has 1 fully saturated rings. The minimum Gasteiger partial charge on any atom is -0.368 e. The van der Waals surface area contributed by atoms with Gasteiger partial charge >= 0.3 is 0 Å². The van der Waals surface area contributed by atoms with Crippen molar-refractivity contribution in [2.24, 2.45) is 5.41 Å². The molecule has 1 aliphatic heterocycles. The first-order valence-electron chi connectivity index (χ1n) is 10.8. The first kappa shape index (κ1) is 24.0. The van der Waals surface area contributed by atoms with Gasteiger partial charge in [-0.1, -0.05) is 56.1 Å². The average molecular weight is 465 g/mol. The smallest absolute Gasteiger partial charge is 0.229 e. The lowest BCUT2D eigenvalue weighted by Gasteiger charge is -2.51. The predicted molar refractivity (Wildman–Crippen MR) is 123 cm³/mol. The van der Waals surface area contributed by atoms with Gasteiger partial charge in [-0.15, -0.1) is 0 Å². The maximum absolute atomic E-state index is 13.9. The molecule has 7 heteroatoms. The van der Waals surface area contributed by atoms with E-state index in [1.54, 1.807) is 12.3 Å². The number of amides is 1. The molecule has 5 nitrogen and oxygen atoms in total. The minimum atomic E-state index is -1.57. The lowest BCUT2D eigenvalue weighted by molar-refractivity contribution is -0.163. The summed E-state index contributed by atoms with van der Waals surface area (Å²) in [5.74, 6) is -0.191. The van der Waals surface area contributed by atoms with Crippen LogP contribution in [-0.2, 0) is 4.79 Å². The lowest BCUT2D eigenvalue weighted by Crippen LogP contribution is -2.56. The van der Waals surface area contributed by atoms with Gasteiger partial charge < -0.3 is 15.1 Å². The molecule has 1 amide bonds. The van der Waals surface area contributed by atoms with Gasteiger partial charge in [0.1, 0.15) is 0 Å². The number of aliphatic hydroxyl groups is 2. The van der Waals surface area contributed by atoms with E-state index in [2.05, 4.69) is 18.8 Å². The van der Waals surface area contributed by atoms with Gasteiger partial charge in [-0.05, 0) is 49.1 Å². The number of hydrogen-bond acceptors (Lipinski definition) is 4. The second kappa shape index (κ2) is 9.86. The van der Waals surface area contributed by atoms with Crippen molar-refractivity contribution in [2.75, 3.05) is 0 Å². The second-order valence-corrected chi connectivity index (χ2v) is 9.51. The monoisotopic (exact) mass is 464 g/mol. The Hall–Kier alpha value is -1.66. The molecule has 3 unspecified atom stereocenters. The van der Waals surface area contributed by atoms with Crippen molar-refractivity contribution in [3.05, 3.63) is 63.9 Å². The third-order valence-electron chi connectivity index (χ3n) is 6.40. The van der Waals surface area contributed by atoms with Gasteiger partial charge in [0.05, 0.1) is 22.2 Å². The standard InChI is InChI=1S/C24H30Cl2N2O3/c1-4-18(5-2)28-22(20-10-9-17(26)14-27-20)19(15-7-6-8-16(25)11-15)12-24(3,23(28)31)13-21(29)30/h6-11,14,18-19,21-22,29-30H,4-5,12-13H2,1-3H3. The number of hydrogen-bond donors (Lipinski definition) is 2. The summed E-state index contributed by atoms with van der Waals surface area (Å²) in [5, 5.41) is 20.7. The number of piperidine rings is 1. The molecule has 3 atom stereocenters. The van der Waals surface area contributed by atoms with E-state index in [4.69, 9.17) is 23.2 Å². The number of benzene rings is 1. The first-order valence-corrected chi connectivity index (χ1v) is 11.5. The van der Waals surface area contributed by atoms with Crippen LogP contribution in [0.3, 0.4) is 0 Å². The number of rotatable bonds is 7. The topological polar surface area (TPSA) is 73.7 Å². The van der Waals surface area contributed by atoms with E-state index in [0.717, 1.165) is 24.1 Å². The largest absolute Gasteiger partial charge is 0.368 e. The number of carbonyl (C=O) groups excluding carboxylic acids is 1. The number of pyridine rings is 1. The van der Waals surface area contributed by atoms with E-state index < -0.39 is 11.7 Å². The Bertz CT molecular complexity index is 902. The van der Waals surface area contributed by atoms with E-state index in [0.29, 0.717) is 16.5 Å². The zero-order chi connectivity index (χ0) is 22.8. The number of aliphatic hydroxyl groups excluding tert-OH is 1. The van der Waals surface area contributed by atoms with Crippen LogP contribution < -0.4 is 0 Å². The van der Waals surface area contributed by atoms with Crippen LogP contribution in [0.5, 0.6) is 0 Å². The van der Waals surface area contributed by atoms with Crippen molar-refractivity contribution in [2.45, 2.75) is 70.7 Å². The molecule has 0 bridgehead atoms. The van der Waals surface area contributed by atoms with Gasteiger partial charge in [0.15, 0.2) is 6.29 Å². The molecule has 2 heterocycles. The summed E-state index contributed by atoms with van der Waals surface area (Å²) in [7, 11) is 0. The van der Waals surface area contributed by atoms with Crippen molar-refractivity contribution in [1.29, 1.82) is 0 Å². The number of carbonyl (C=O) groups is 1. The van der Waals surface area contributed by atoms with Crippen LogP contribution in [0.25, 0.3) is 0 Å². The molecule has 0 spiro atoms. The molecule has 31 heavy (non-hydrogen) atoms. The minimum absolute atomic E-state index is 0.00729. The second-order valence-electron chi connectivity index (χ2n) is 8.64. The maximum Gasteiger partial charge on any atom is 0.229 e. The first-order chi connectivity index (χ1) is 14.7. The van der Waals surface area contributed by atoms with Crippen LogP contribution in [0.15, 0.2) is 42.6 Å². The SMILES string of the molecule is CCC(CC)N1C(=O)C(C)(CC(O)O)CC(c2cccc(Cl)c2)C1c1ccc(Cl)cn1. The van der Waals surface area contributed by atoms with Crippen LogP contribution in [-0.4, -0.2) is 38.3 Å². The number of nitrogens with zero attached hydrogens (tertiary/aromatic N) is 2. The summed E-state index contributed by atoms with van der Waals surface area (Å²) >= 11 is 12.4. The van der Waals surface area contributed by atoms with E-state index in [1.807, 2.05) is 42.2 Å². The summed E-state index contributed by atoms with van der Waals surface area (Å²) < 4.78 is 0. The van der Waals surface area contributed by atoms with Crippen molar-refractivity contribution < 1.29 is 15.0 Å². The van der Waals surface area contributed by atoms with Crippen molar-refractivity contribution in [1.82, 2.24) is 9.88 Å². The van der Waals surface area contributed by atoms with E-state index in [1.165, 1.54) is 0 Å². The molecule has 168 valence electrons. The summed E-state index contributed by atoms with van der Waals surface area (Å²) in [6.45, 7) is 5.96. The van der Waals surface area contributed by atoms with Gasteiger partial charge in [-0.3, -0.25) is 9.78 Å². The summed E-state index contributed by atoms with van der Waals surface area (Å²) in [4.78, 5) is 20.4. The summed E-state index contributed by atoms with van der Waals surface area (Å²) in [6, 6.07) is 11.0. The molecule has 1 saturated heterocycles. The Morgan fingerprint density at radius 1 is 1.16 bits per heavy atom. The van der Waals surface area contributed by atoms with Crippen LogP contribution in [0.2, 0.25) is 10.0 Å². The molecule has 1 aromatic carbocycles. The Labute approximate surface area is 194 Å². The fourth-order valence-corrected chi connectivity index (χ4v) is 5.22. The Morgan fingerprint density at radius 2 is 1.87 bits per heavy atom. The predicted octanol–water partition coefficient (Wildman–Crippen LogP) is 5.34. The third-order valence-corrected chi connectivity index (χ3v) is 6.86. The fourth-order valence-electron chi connectivity index (χ4n) is 4.91. The lowest BCUT2D eigenvalue weighted by atomic mass is 9.67. The normalized spacial score (nSPS) is 24.3. The number of aromatic nitrogens is 1. The molecule has 0 aliphatic carbocycles. The highest BCUT2D eigenvalue weighted by atomic mass is 35.5. The molecule has 1 aliphatic rings. The van der Waals surface area contributed by atoms with E-state index >= 15 is 0 Å². The van der Waals surface area contributed by atoms with Gasteiger partial charge in [-0.25, -0.2) is 0 Å². The van der Waals surface area contributed by atoms with Gasteiger partial charge in [0.2, 0.25) is 5.91 Å². The van der Waals surface area contributed by atoms with Crippen LogP contribution in [0.1, 0.15) is 69.7 Å². The average Bonchev–Trinajstić information content (AvgIpc) is 2.72. The van der Waals surface area contributed by atoms with Gasteiger partial charge in [-0.2, -0.15) is 0 Å². The van der Waals surface area contributed by atoms with E-state index in [-0.39, 0.29) is 30.3 Å². The zero-order valence-electron chi connectivity index (χ0n) is 18.1. The van der Waals surface area contributed by atoms with Gasteiger partial charge in [0.25, 0.3) is 0 Å². The highest BCUT2D eigenvalue weighted by Gasteiger charge is 2.52. The zero-order valence-corrected chi connectivity index (χ0v) is 19.6. The highest BCUT2D eigenvalue weighted by Crippen LogP contribution is 2.52. The van der Waals surface area contributed by atoms with Crippen LogP contribution >= 0.6 is 23.2 Å². The molecule has 2 aromatic rings. The quantitative estimate of drug-likeness (QED) is 0.542. The van der Waals surface area contributed by atoms with Crippen molar-refractivity contribution in [3.8, 4) is 0 Å². The fraction of sp³-hybridized carbons (Fsp3) is 0.500. The number of halogens is 2. The summed E-state index contributed by atoms with van der Waals surface area (Å²) in [5.41, 5.74) is 0.838. The Balaban J connectivity index is 2.21. The Morgan fingerprint density at radius 3 is 2.42 bits per heavy atom. The van der Waals surface area contributed by atoms with Crippen molar-refractivity contribution >= 4 is 29.1 Å². The van der Waals surface area contributed by atoms with Crippen molar-refractivity contribution in [3.63, 3.8) is 0 Å². The van der Waals surface area contributed by atoms with Gasteiger partial charge in [0, 0.05) is 29.6 Å². The van der Waals surface area contributed by atoms with Crippen LogP contribution in [0, 0.1) is 5.41 Å². The molecule has 0 radical (unpaired) electrons. The Kier molecular flexibility index (Phi) is 7.63. The van der Waals surface area contributed by atoms with E-state index in [9.17, 15) is 15.0 Å².